The Morgan fingerprint density at radius 2 is 2.29 bits per heavy atom. The molecule has 5 nitrogen and oxygen atoms in total. The van der Waals surface area contributed by atoms with Gasteiger partial charge in [-0.2, -0.15) is 4.58 Å². The second-order valence-electron chi connectivity index (χ2n) is 3.43. The van der Waals surface area contributed by atoms with Crippen LogP contribution < -0.4 is 5.73 Å². The number of phenols is 1. The van der Waals surface area contributed by atoms with Crippen molar-refractivity contribution in [3.63, 3.8) is 0 Å². The summed E-state index contributed by atoms with van der Waals surface area (Å²) in [7, 11) is 1.77. The second kappa shape index (κ2) is 6.32. The third-order valence-corrected chi connectivity index (χ3v) is 2.03. The van der Waals surface area contributed by atoms with Crippen LogP contribution in [0.4, 0.5) is 0 Å². The number of hydrogen-bond acceptors (Lipinski definition) is 4. The summed E-state index contributed by atoms with van der Waals surface area (Å²) in [5.41, 5.74) is 6.25. The van der Waals surface area contributed by atoms with Gasteiger partial charge in [-0.25, -0.2) is 0 Å². The van der Waals surface area contributed by atoms with E-state index in [0.29, 0.717) is 12.9 Å². The highest BCUT2D eigenvalue weighted by atomic mass is 16.5. The number of phenolic OH excluding ortho intramolecular Hbond substituents is 1. The highest BCUT2D eigenvalue weighted by Crippen LogP contribution is 2.16. The number of aldehydes is 1. The molecule has 1 aromatic rings. The van der Waals surface area contributed by atoms with Crippen molar-refractivity contribution in [1.82, 2.24) is 0 Å². The number of hydrogen-bond donors (Lipinski definition) is 2. The van der Waals surface area contributed by atoms with Crippen molar-refractivity contribution in [3.8, 4) is 5.75 Å². The van der Waals surface area contributed by atoms with Gasteiger partial charge in [0.2, 0.25) is 0 Å². The number of aromatic hydroxyl groups is 1. The summed E-state index contributed by atoms with van der Waals surface area (Å²) >= 11 is 0. The molecule has 90 valence electrons. The molecule has 0 aliphatic heterocycles. The van der Waals surface area contributed by atoms with E-state index in [-0.39, 0.29) is 11.3 Å². The van der Waals surface area contributed by atoms with Gasteiger partial charge in [-0.05, 0) is 17.7 Å². The molecule has 0 saturated heterocycles. The quantitative estimate of drug-likeness (QED) is 0.343. The van der Waals surface area contributed by atoms with Crippen LogP contribution in [0.2, 0.25) is 0 Å². The van der Waals surface area contributed by atoms with Gasteiger partial charge in [0.1, 0.15) is 19.4 Å². The molecule has 0 unspecified atom stereocenters. The Hall–Kier alpha value is -2.30. The van der Waals surface area contributed by atoms with Crippen molar-refractivity contribution < 1.29 is 19.2 Å². The summed E-state index contributed by atoms with van der Waals surface area (Å²) in [6.07, 6.45) is 5.13. The maximum atomic E-state index is 10.6. The number of nitrogens with two attached hydrogens (primary N) is 1. The fraction of sp³-hybridized carbons (Fsp3) is 0.167. The van der Waals surface area contributed by atoms with Crippen LogP contribution in [0.5, 0.6) is 5.75 Å². The molecule has 0 heterocycles. The predicted molar refractivity (Wildman–Crippen MR) is 63.9 cm³/mol. The molecular formula is C12H15N2O3+. The normalized spacial score (nSPS) is 11.7. The highest BCUT2D eigenvalue weighted by Gasteiger charge is 2.02. The van der Waals surface area contributed by atoms with Crippen LogP contribution >= 0.6 is 0 Å². The number of ether oxygens (including phenoxy) is 1. The Kier molecular flexibility index (Phi) is 4.75. The number of carbonyl (C=O) groups is 1. The van der Waals surface area contributed by atoms with Crippen LogP contribution in [0.15, 0.2) is 30.6 Å². The van der Waals surface area contributed by atoms with Gasteiger partial charge in [0, 0.05) is 0 Å². The largest absolute Gasteiger partial charge is 0.507 e. The van der Waals surface area contributed by atoms with Gasteiger partial charge in [0.25, 0.3) is 0 Å². The minimum atomic E-state index is -0.0316. The summed E-state index contributed by atoms with van der Waals surface area (Å²) < 4.78 is 6.92. The number of benzene rings is 1. The van der Waals surface area contributed by atoms with Gasteiger partial charge in [0.05, 0.1) is 11.8 Å². The highest BCUT2D eigenvalue weighted by molar-refractivity contribution is 5.79. The first-order valence-corrected chi connectivity index (χ1v) is 4.99. The molecule has 0 amide bonds. The maximum Gasteiger partial charge on any atom is 0.329 e. The molecule has 0 atom stereocenters. The standard InChI is InChI=1S/C12H14N2O3/c1-14(5-4-13)9-17-8-10-2-3-12(16)11(6-10)7-15/h2-7,9H,8,13H2,1H3/p+1/b5-4-,14-9?. The van der Waals surface area contributed by atoms with Crippen LogP contribution in [0.3, 0.4) is 0 Å². The smallest absolute Gasteiger partial charge is 0.329 e. The van der Waals surface area contributed by atoms with Crippen LogP contribution in [0.1, 0.15) is 15.9 Å². The molecule has 0 fully saturated rings. The third-order valence-electron chi connectivity index (χ3n) is 2.03. The molecule has 0 aromatic heterocycles. The summed E-state index contributed by atoms with van der Waals surface area (Å²) in [6.45, 7) is 0.309. The Labute approximate surface area is 99.4 Å². The monoisotopic (exact) mass is 235 g/mol. The molecule has 17 heavy (non-hydrogen) atoms. The lowest BCUT2D eigenvalue weighted by molar-refractivity contribution is -0.427. The van der Waals surface area contributed by atoms with E-state index in [9.17, 15) is 9.90 Å². The summed E-state index contributed by atoms with van der Waals surface area (Å²) in [4.78, 5) is 10.6. The van der Waals surface area contributed by atoms with Crippen molar-refractivity contribution in [2.24, 2.45) is 5.73 Å². The minimum Gasteiger partial charge on any atom is -0.507 e. The van der Waals surface area contributed by atoms with E-state index in [4.69, 9.17) is 10.5 Å². The van der Waals surface area contributed by atoms with Crippen molar-refractivity contribution >= 4 is 12.7 Å². The zero-order chi connectivity index (χ0) is 12.7. The van der Waals surface area contributed by atoms with E-state index in [1.54, 1.807) is 30.0 Å². The van der Waals surface area contributed by atoms with Crippen LogP contribution in [0, 0.1) is 0 Å². The maximum absolute atomic E-state index is 10.6. The van der Waals surface area contributed by atoms with E-state index in [2.05, 4.69) is 0 Å². The molecule has 1 aromatic carbocycles. The molecule has 0 aliphatic rings. The molecule has 0 bridgehead atoms. The average Bonchev–Trinajstić information content (AvgIpc) is 2.31. The Morgan fingerprint density at radius 1 is 1.53 bits per heavy atom. The van der Waals surface area contributed by atoms with Gasteiger partial charge < -0.3 is 15.6 Å². The van der Waals surface area contributed by atoms with E-state index < -0.39 is 0 Å². The topological polar surface area (TPSA) is 75.6 Å². The third kappa shape index (κ3) is 3.98. The summed E-state index contributed by atoms with van der Waals surface area (Å²) in [6, 6.07) is 4.73. The molecule has 1 rings (SSSR count). The lowest BCUT2D eigenvalue weighted by atomic mass is 10.1. The average molecular weight is 235 g/mol. The fourth-order valence-electron chi connectivity index (χ4n) is 1.21. The second-order valence-corrected chi connectivity index (χ2v) is 3.43. The van der Waals surface area contributed by atoms with Crippen LogP contribution in [0.25, 0.3) is 0 Å². The number of carbonyl (C=O) groups excluding carboxylic acids is 1. The van der Waals surface area contributed by atoms with Crippen molar-refractivity contribution in [1.29, 1.82) is 0 Å². The molecule has 5 heteroatoms. The van der Waals surface area contributed by atoms with Gasteiger partial charge in [-0.3, -0.25) is 4.79 Å². The Morgan fingerprint density at radius 3 is 2.94 bits per heavy atom. The molecule has 0 spiro atoms. The zero-order valence-electron chi connectivity index (χ0n) is 9.54. The van der Waals surface area contributed by atoms with Gasteiger partial charge in [-0.1, -0.05) is 6.07 Å². The van der Waals surface area contributed by atoms with E-state index >= 15 is 0 Å². The first kappa shape index (κ1) is 12.8. The lowest BCUT2D eigenvalue weighted by Crippen LogP contribution is -2.03. The molecule has 3 N–H and O–H groups in total. The van der Waals surface area contributed by atoms with Crippen molar-refractivity contribution in [2.75, 3.05) is 7.05 Å². The molecule has 0 aliphatic carbocycles. The summed E-state index contributed by atoms with van der Waals surface area (Å²) in [5, 5.41) is 9.31. The van der Waals surface area contributed by atoms with E-state index in [1.807, 2.05) is 0 Å². The van der Waals surface area contributed by atoms with Gasteiger partial charge in [-0.15, -0.1) is 0 Å². The minimum absolute atomic E-state index is 0.0316. The summed E-state index contributed by atoms with van der Waals surface area (Å²) in [5.74, 6) is -0.0316. The van der Waals surface area contributed by atoms with Crippen LogP contribution in [-0.4, -0.2) is 29.4 Å². The molecule has 0 saturated carbocycles. The fourth-order valence-corrected chi connectivity index (χ4v) is 1.21. The van der Waals surface area contributed by atoms with Gasteiger partial charge >= 0.3 is 6.40 Å². The Bertz CT molecular complexity index is 453. The lowest BCUT2D eigenvalue weighted by Gasteiger charge is -2.02. The molecular weight excluding hydrogens is 220 g/mol. The zero-order valence-corrected chi connectivity index (χ0v) is 9.54. The van der Waals surface area contributed by atoms with E-state index in [0.717, 1.165) is 5.56 Å². The predicted octanol–water partition coefficient (Wildman–Crippen LogP) is 0.822. The number of rotatable bonds is 5. The van der Waals surface area contributed by atoms with Crippen molar-refractivity contribution in [3.05, 3.63) is 41.7 Å². The van der Waals surface area contributed by atoms with Crippen LogP contribution in [-0.2, 0) is 11.3 Å². The first-order valence-electron chi connectivity index (χ1n) is 4.99. The van der Waals surface area contributed by atoms with E-state index in [1.165, 1.54) is 18.7 Å². The molecule has 0 radical (unpaired) electrons. The first-order chi connectivity index (χ1) is 8.17. The van der Waals surface area contributed by atoms with Crippen molar-refractivity contribution in [2.45, 2.75) is 6.61 Å². The SMILES string of the molecule is C[N+](=COCc1ccc(O)c(C=O)c1)/C=C\N. The van der Waals surface area contributed by atoms with Gasteiger partial charge in [0.15, 0.2) is 12.5 Å². The number of nitrogens with zero attached hydrogens (tertiary/aromatic N) is 1. The Balaban J connectivity index is 2.64.